The van der Waals surface area contributed by atoms with E-state index in [1.807, 2.05) is 6.07 Å². The van der Waals surface area contributed by atoms with E-state index in [0.717, 1.165) is 18.8 Å². The molecule has 0 saturated carbocycles. The molecule has 1 aromatic heterocycles. The van der Waals surface area contributed by atoms with Gasteiger partial charge in [0.2, 0.25) is 0 Å². The lowest BCUT2D eigenvalue weighted by Gasteiger charge is -2.11. The van der Waals surface area contributed by atoms with Crippen LogP contribution in [0.2, 0.25) is 0 Å². The molecule has 1 fully saturated rings. The standard InChI is InChI=1S/C15H20N4/c1-2-14(17-8-1)11-16-10-12-3-5-13(6-4-12)15-7-9-18-19-15/h3-7,9,14,16-17H,1-2,8,10-11H2,(H,18,19). The maximum atomic E-state index is 3.97. The summed E-state index contributed by atoms with van der Waals surface area (Å²) in [6, 6.07) is 11.3. The summed E-state index contributed by atoms with van der Waals surface area (Å²) in [6.45, 7) is 3.16. The van der Waals surface area contributed by atoms with Crippen molar-refractivity contribution >= 4 is 0 Å². The minimum atomic E-state index is 0.657. The zero-order chi connectivity index (χ0) is 12.9. The number of benzene rings is 1. The normalized spacial score (nSPS) is 18.8. The van der Waals surface area contributed by atoms with E-state index in [9.17, 15) is 0 Å². The van der Waals surface area contributed by atoms with E-state index in [1.165, 1.54) is 30.5 Å². The number of rotatable bonds is 5. The summed E-state index contributed by atoms with van der Waals surface area (Å²) in [5, 5.41) is 14.0. The van der Waals surface area contributed by atoms with E-state index >= 15 is 0 Å². The van der Waals surface area contributed by atoms with Crippen LogP contribution in [0.3, 0.4) is 0 Å². The molecule has 0 spiro atoms. The smallest absolute Gasteiger partial charge is 0.0650 e. The molecule has 1 aromatic carbocycles. The van der Waals surface area contributed by atoms with Crippen LogP contribution in [0.5, 0.6) is 0 Å². The van der Waals surface area contributed by atoms with Crippen molar-refractivity contribution < 1.29 is 0 Å². The van der Waals surface area contributed by atoms with E-state index in [0.29, 0.717) is 6.04 Å². The van der Waals surface area contributed by atoms with Crippen LogP contribution in [0.4, 0.5) is 0 Å². The first-order chi connectivity index (χ1) is 9.42. The Hall–Kier alpha value is -1.65. The molecule has 3 N–H and O–H groups in total. The maximum absolute atomic E-state index is 3.97. The van der Waals surface area contributed by atoms with Crippen LogP contribution < -0.4 is 10.6 Å². The fourth-order valence-corrected chi connectivity index (χ4v) is 2.54. The molecule has 1 aliphatic heterocycles. The van der Waals surface area contributed by atoms with E-state index in [4.69, 9.17) is 0 Å². The fourth-order valence-electron chi connectivity index (χ4n) is 2.54. The highest BCUT2D eigenvalue weighted by Gasteiger charge is 2.12. The summed E-state index contributed by atoms with van der Waals surface area (Å²) in [5.74, 6) is 0. The fraction of sp³-hybridized carbons (Fsp3) is 0.400. The number of aromatic nitrogens is 2. The van der Waals surface area contributed by atoms with Crippen LogP contribution in [-0.4, -0.2) is 29.3 Å². The van der Waals surface area contributed by atoms with Crippen LogP contribution in [0, 0.1) is 0 Å². The van der Waals surface area contributed by atoms with Gasteiger partial charge in [0.25, 0.3) is 0 Å². The molecule has 100 valence electrons. The Morgan fingerprint density at radius 3 is 2.79 bits per heavy atom. The largest absolute Gasteiger partial charge is 0.313 e. The molecule has 2 aromatic rings. The highest BCUT2D eigenvalue weighted by Crippen LogP contribution is 2.16. The first-order valence-corrected chi connectivity index (χ1v) is 6.94. The number of nitrogens with one attached hydrogen (secondary N) is 3. The maximum Gasteiger partial charge on any atom is 0.0650 e. The second-order valence-electron chi connectivity index (χ2n) is 5.09. The summed E-state index contributed by atoms with van der Waals surface area (Å²) in [7, 11) is 0. The minimum absolute atomic E-state index is 0.657. The summed E-state index contributed by atoms with van der Waals surface area (Å²) in [6.07, 6.45) is 4.39. The topological polar surface area (TPSA) is 52.7 Å². The molecule has 0 radical (unpaired) electrons. The molecule has 1 atom stereocenters. The first kappa shape index (κ1) is 12.4. The Morgan fingerprint density at radius 2 is 2.11 bits per heavy atom. The molecule has 0 aliphatic carbocycles. The van der Waals surface area contributed by atoms with Crippen LogP contribution in [-0.2, 0) is 6.54 Å². The van der Waals surface area contributed by atoms with Crippen molar-refractivity contribution in [3.8, 4) is 11.3 Å². The summed E-state index contributed by atoms with van der Waals surface area (Å²) < 4.78 is 0. The van der Waals surface area contributed by atoms with Crippen molar-refractivity contribution in [1.29, 1.82) is 0 Å². The highest BCUT2D eigenvalue weighted by atomic mass is 15.1. The molecule has 1 aliphatic rings. The lowest BCUT2D eigenvalue weighted by atomic mass is 10.1. The molecule has 0 amide bonds. The van der Waals surface area contributed by atoms with Gasteiger partial charge in [-0.2, -0.15) is 5.10 Å². The minimum Gasteiger partial charge on any atom is -0.313 e. The van der Waals surface area contributed by atoms with Gasteiger partial charge in [0.1, 0.15) is 0 Å². The van der Waals surface area contributed by atoms with E-state index in [1.54, 1.807) is 6.20 Å². The van der Waals surface area contributed by atoms with Gasteiger partial charge < -0.3 is 10.6 Å². The Kier molecular flexibility index (Phi) is 3.91. The van der Waals surface area contributed by atoms with Gasteiger partial charge in [-0.1, -0.05) is 24.3 Å². The third-order valence-electron chi connectivity index (χ3n) is 3.65. The van der Waals surface area contributed by atoms with Crippen molar-refractivity contribution in [3.63, 3.8) is 0 Å². The number of hydrogen-bond donors (Lipinski definition) is 3. The predicted molar refractivity (Wildman–Crippen MR) is 76.8 cm³/mol. The van der Waals surface area contributed by atoms with Crippen LogP contribution in [0.1, 0.15) is 18.4 Å². The molecule has 2 heterocycles. The van der Waals surface area contributed by atoms with Crippen LogP contribution in [0.15, 0.2) is 36.5 Å². The molecular formula is C15H20N4. The van der Waals surface area contributed by atoms with Crippen molar-refractivity contribution in [2.75, 3.05) is 13.1 Å². The van der Waals surface area contributed by atoms with Gasteiger partial charge in [-0.3, -0.25) is 5.10 Å². The van der Waals surface area contributed by atoms with Gasteiger partial charge >= 0.3 is 0 Å². The number of nitrogens with zero attached hydrogens (tertiary/aromatic N) is 1. The summed E-state index contributed by atoms with van der Waals surface area (Å²) in [5.41, 5.74) is 3.56. The quantitative estimate of drug-likeness (QED) is 0.766. The van der Waals surface area contributed by atoms with Gasteiger partial charge in [-0.25, -0.2) is 0 Å². The molecule has 1 unspecified atom stereocenters. The predicted octanol–water partition coefficient (Wildman–Crippen LogP) is 1.92. The molecular weight excluding hydrogens is 236 g/mol. The number of H-pyrrole nitrogens is 1. The van der Waals surface area contributed by atoms with Gasteiger partial charge in [0, 0.05) is 25.3 Å². The Labute approximate surface area is 113 Å². The van der Waals surface area contributed by atoms with Gasteiger partial charge in [-0.15, -0.1) is 0 Å². The van der Waals surface area contributed by atoms with Crippen molar-refractivity contribution in [2.45, 2.75) is 25.4 Å². The monoisotopic (exact) mass is 256 g/mol. The van der Waals surface area contributed by atoms with Crippen LogP contribution in [0.25, 0.3) is 11.3 Å². The third kappa shape index (κ3) is 3.22. The number of hydrogen-bond acceptors (Lipinski definition) is 3. The van der Waals surface area contributed by atoms with Crippen molar-refractivity contribution in [3.05, 3.63) is 42.1 Å². The first-order valence-electron chi connectivity index (χ1n) is 6.94. The SMILES string of the molecule is c1cc(-c2ccc(CNCC3CCCN3)cc2)[nH]n1. The van der Waals surface area contributed by atoms with E-state index < -0.39 is 0 Å². The average molecular weight is 256 g/mol. The molecule has 1 saturated heterocycles. The van der Waals surface area contributed by atoms with Gasteiger partial charge in [0.05, 0.1) is 5.69 Å². The second kappa shape index (κ2) is 5.99. The Morgan fingerprint density at radius 1 is 1.21 bits per heavy atom. The Balaban J connectivity index is 1.51. The number of aromatic amines is 1. The van der Waals surface area contributed by atoms with E-state index in [2.05, 4.69) is 45.1 Å². The van der Waals surface area contributed by atoms with Gasteiger partial charge in [0.15, 0.2) is 0 Å². The van der Waals surface area contributed by atoms with Crippen LogP contribution >= 0.6 is 0 Å². The molecule has 4 nitrogen and oxygen atoms in total. The average Bonchev–Trinajstić information content (AvgIpc) is 3.13. The highest BCUT2D eigenvalue weighted by molar-refractivity contribution is 5.58. The second-order valence-corrected chi connectivity index (χ2v) is 5.09. The lowest BCUT2D eigenvalue weighted by Crippen LogP contribution is -2.33. The molecule has 0 bridgehead atoms. The summed E-state index contributed by atoms with van der Waals surface area (Å²) in [4.78, 5) is 0. The third-order valence-corrected chi connectivity index (χ3v) is 3.65. The lowest BCUT2D eigenvalue weighted by molar-refractivity contribution is 0.536. The molecule has 19 heavy (non-hydrogen) atoms. The molecule has 4 heteroatoms. The molecule has 3 rings (SSSR count). The van der Waals surface area contributed by atoms with Gasteiger partial charge in [-0.05, 0) is 36.6 Å². The van der Waals surface area contributed by atoms with E-state index in [-0.39, 0.29) is 0 Å². The zero-order valence-electron chi connectivity index (χ0n) is 11.0. The van der Waals surface area contributed by atoms with Crippen molar-refractivity contribution in [1.82, 2.24) is 20.8 Å². The van der Waals surface area contributed by atoms with Crippen molar-refractivity contribution in [2.24, 2.45) is 0 Å². The zero-order valence-corrected chi connectivity index (χ0v) is 11.0. The Bertz CT molecular complexity index is 483. The summed E-state index contributed by atoms with van der Waals surface area (Å²) >= 11 is 0.